The highest BCUT2D eigenvalue weighted by atomic mass is 16.4. The molecular weight excluding hydrogens is 244 g/mol. The smallest absolute Gasteiger partial charge is 0.326 e. The van der Waals surface area contributed by atoms with Gasteiger partial charge >= 0.3 is 12.0 Å². The van der Waals surface area contributed by atoms with Crippen LogP contribution in [0.4, 0.5) is 4.79 Å². The van der Waals surface area contributed by atoms with Crippen molar-refractivity contribution < 1.29 is 14.7 Å². The van der Waals surface area contributed by atoms with E-state index < -0.39 is 12.0 Å². The van der Waals surface area contributed by atoms with E-state index in [9.17, 15) is 14.7 Å². The van der Waals surface area contributed by atoms with E-state index in [1.165, 1.54) is 4.90 Å². The second-order valence-electron chi connectivity index (χ2n) is 4.66. The number of aliphatic carboxylic acids is 1. The molecule has 1 saturated heterocycles. The van der Waals surface area contributed by atoms with Gasteiger partial charge < -0.3 is 15.3 Å². The lowest BCUT2D eigenvalue weighted by Crippen LogP contribution is -2.53. The number of benzene rings is 1. The SMILES string of the molecule is O=C(O)C(CCc1ccccc1)N1CCCNC1=O. The van der Waals surface area contributed by atoms with Crippen LogP contribution < -0.4 is 5.32 Å². The van der Waals surface area contributed by atoms with Crippen LogP contribution in [0.5, 0.6) is 0 Å². The molecule has 1 aromatic carbocycles. The Morgan fingerprint density at radius 2 is 2.11 bits per heavy atom. The number of urea groups is 1. The molecule has 5 nitrogen and oxygen atoms in total. The lowest BCUT2D eigenvalue weighted by molar-refractivity contribution is -0.142. The first-order valence-corrected chi connectivity index (χ1v) is 6.49. The average Bonchev–Trinajstić information content (AvgIpc) is 2.42. The zero-order valence-electron chi connectivity index (χ0n) is 10.7. The third-order valence-electron chi connectivity index (χ3n) is 3.32. The van der Waals surface area contributed by atoms with Gasteiger partial charge in [0, 0.05) is 13.1 Å². The van der Waals surface area contributed by atoms with E-state index in [0.29, 0.717) is 25.9 Å². The zero-order valence-corrected chi connectivity index (χ0v) is 10.7. The van der Waals surface area contributed by atoms with E-state index >= 15 is 0 Å². The van der Waals surface area contributed by atoms with Crippen molar-refractivity contribution in [2.45, 2.75) is 25.3 Å². The Hall–Kier alpha value is -2.04. The van der Waals surface area contributed by atoms with E-state index in [1.807, 2.05) is 30.3 Å². The summed E-state index contributed by atoms with van der Waals surface area (Å²) in [6.07, 6.45) is 1.88. The Morgan fingerprint density at radius 1 is 1.37 bits per heavy atom. The van der Waals surface area contributed by atoms with Gasteiger partial charge in [0.1, 0.15) is 6.04 Å². The molecule has 1 aliphatic heterocycles. The molecule has 1 aromatic rings. The molecule has 0 aliphatic carbocycles. The second kappa shape index (κ2) is 6.22. The summed E-state index contributed by atoms with van der Waals surface area (Å²) in [5, 5.41) is 12.0. The minimum Gasteiger partial charge on any atom is -0.480 e. The molecule has 1 aliphatic rings. The summed E-state index contributed by atoms with van der Waals surface area (Å²) in [5.41, 5.74) is 1.09. The molecule has 0 aromatic heterocycles. The molecule has 1 atom stereocenters. The molecule has 0 saturated carbocycles. The fraction of sp³-hybridized carbons (Fsp3) is 0.429. The molecule has 19 heavy (non-hydrogen) atoms. The average molecular weight is 262 g/mol. The number of hydrogen-bond donors (Lipinski definition) is 2. The molecule has 0 radical (unpaired) electrons. The van der Waals surface area contributed by atoms with Gasteiger partial charge in [0.25, 0.3) is 0 Å². The number of carbonyl (C=O) groups is 2. The van der Waals surface area contributed by atoms with Crippen molar-refractivity contribution in [1.82, 2.24) is 10.2 Å². The number of nitrogens with one attached hydrogen (secondary N) is 1. The number of rotatable bonds is 5. The third kappa shape index (κ3) is 3.47. The first-order valence-electron chi connectivity index (χ1n) is 6.49. The number of hydrogen-bond acceptors (Lipinski definition) is 2. The van der Waals surface area contributed by atoms with Crippen LogP contribution in [-0.4, -0.2) is 41.1 Å². The molecule has 1 unspecified atom stereocenters. The first-order chi connectivity index (χ1) is 9.18. The molecule has 2 amide bonds. The summed E-state index contributed by atoms with van der Waals surface area (Å²) in [6, 6.07) is 8.70. The Kier molecular flexibility index (Phi) is 4.39. The predicted octanol–water partition coefficient (Wildman–Crippen LogP) is 1.49. The summed E-state index contributed by atoms with van der Waals surface area (Å²) in [6.45, 7) is 1.14. The van der Waals surface area contributed by atoms with Crippen molar-refractivity contribution in [2.75, 3.05) is 13.1 Å². The normalized spacial score (nSPS) is 16.8. The first kappa shape index (κ1) is 13.4. The van der Waals surface area contributed by atoms with Crippen molar-refractivity contribution >= 4 is 12.0 Å². The molecule has 102 valence electrons. The topological polar surface area (TPSA) is 69.6 Å². The highest BCUT2D eigenvalue weighted by Gasteiger charge is 2.30. The number of carboxylic acids is 1. The van der Waals surface area contributed by atoms with E-state index in [0.717, 1.165) is 12.0 Å². The second-order valence-corrected chi connectivity index (χ2v) is 4.66. The maximum Gasteiger partial charge on any atom is 0.326 e. The van der Waals surface area contributed by atoms with Crippen LogP contribution in [0.25, 0.3) is 0 Å². The molecule has 0 bridgehead atoms. The van der Waals surface area contributed by atoms with E-state index in [4.69, 9.17) is 0 Å². The number of nitrogens with zero attached hydrogens (tertiary/aromatic N) is 1. The minimum atomic E-state index is -0.937. The van der Waals surface area contributed by atoms with Gasteiger partial charge in [-0.15, -0.1) is 0 Å². The standard InChI is InChI=1S/C14H18N2O3/c17-13(18)12(16-10-4-9-15-14(16)19)8-7-11-5-2-1-3-6-11/h1-3,5-6,12H,4,7-10H2,(H,15,19)(H,17,18). The zero-order chi connectivity index (χ0) is 13.7. The summed E-state index contributed by atoms with van der Waals surface area (Å²) in [4.78, 5) is 24.5. The van der Waals surface area contributed by atoms with E-state index in [-0.39, 0.29) is 6.03 Å². The summed E-state index contributed by atoms with van der Waals surface area (Å²) < 4.78 is 0. The fourth-order valence-electron chi connectivity index (χ4n) is 2.31. The van der Waals surface area contributed by atoms with Gasteiger partial charge in [-0.05, 0) is 24.8 Å². The van der Waals surface area contributed by atoms with Crippen LogP contribution in [0.2, 0.25) is 0 Å². The van der Waals surface area contributed by atoms with Crippen molar-refractivity contribution in [3.63, 3.8) is 0 Å². The van der Waals surface area contributed by atoms with Gasteiger partial charge in [0.05, 0.1) is 0 Å². The minimum absolute atomic E-state index is 0.272. The summed E-state index contributed by atoms with van der Waals surface area (Å²) in [5.74, 6) is -0.937. The predicted molar refractivity (Wildman–Crippen MR) is 70.9 cm³/mol. The van der Waals surface area contributed by atoms with Gasteiger partial charge in [-0.3, -0.25) is 0 Å². The fourth-order valence-corrected chi connectivity index (χ4v) is 2.31. The Labute approximate surface area is 112 Å². The van der Waals surface area contributed by atoms with Gasteiger partial charge in [0.2, 0.25) is 0 Å². The number of amides is 2. The van der Waals surface area contributed by atoms with Gasteiger partial charge in [0.15, 0.2) is 0 Å². The molecule has 2 rings (SSSR count). The quantitative estimate of drug-likeness (QED) is 0.844. The van der Waals surface area contributed by atoms with Gasteiger partial charge in [-0.25, -0.2) is 9.59 Å². The lowest BCUT2D eigenvalue weighted by Gasteiger charge is -2.32. The maximum absolute atomic E-state index is 11.7. The summed E-state index contributed by atoms with van der Waals surface area (Å²) >= 11 is 0. The third-order valence-corrected chi connectivity index (χ3v) is 3.32. The number of carbonyl (C=O) groups excluding carboxylic acids is 1. The van der Waals surface area contributed by atoms with Crippen LogP contribution >= 0.6 is 0 Å². The van der Waals surface area contributed by atoms with Crippen LogP contribution in [0.15, 0.2) is 30.3 Å². The Bertz CT molecular complexity index is 447. The van der Waals surface area contributed by atoms with Crippen molar-refractivity contribution in [3.05, 3.63) is 35.9 Å². The van der Waals surface area contributed by atoms with Crippen LogP contribution in [0, 0.1) is 0 Å². The molecule has 1 heterocycles. The molecule has 2 N–H and O–H groups in total. The number of carboxylic acid groups (broad SMARTS) is 1. The molecule has 0 spiro atoms. The van der Waals surface area contributed by atoms with Crippen molar-refractivity contribution in [1.29, 1.82) is 0 Å². The highest BCUT2D eigenvalue weighted by molar-refractivity contribution is 5.83. The van der Waals surface area contributed by atoms with Crippen LogP contribution in [-0.2, 0) is 11.2 Å². The molecule has 5 heteroatoms. The Balaban J connectivity index is 2.00. The van der Waals surface area contributed by atoms with Gasteiger partial charge in [-0.1, -0.05) is 30.3 Å². The lowest BCUT2D eigenvalue weighted by atomic mass is 10.0. The van der Waals surface area contributed by atoms with Crippen LogP contribution in [0.3, 0.4) is 0 Å². The monoisotopic (exact) mass is 262 g/mol. The maximum atomic E-state index is 11.7. The van der Waals surface area contributed by atoms with Crippen molar-refractivity contribution in [2.24, 2.45) is 0 Å². The summed E-state index contributed by atoms with van der Waals surface area (Å²) in [7, 11) is 0. The molecular formula is C14H18N2O3. The number of aryl methyl sites for hydroxylation is 1. The Morgan fingerprint density at radius 3 is 2.74 bits per heavy atom. The van der Waals surface area contributed by atoms with E-state index in [1.54, 1.807) is 0 Å². The van der Waals surface area contributed by atoms with Gasteiger partial charge in [-0.2, -0.15) is 0 Å². The van der Waals surface area contributed by atoms with E-state index in [2.05, 4.69) is 5.32 Å². The van der Waals surface area contributed by atoms with Crippen molar-refractivity contribution in [3.8, 4) is 0 Å². The largest absolute Gasteiger partial charge is 0.480 e. The highest BCUT2D eigenvalue weighted by Crippen LogP contribution is 2.13. The molecule has 1 fully saturated rings. The van der Waals surface area contributed by atoms with Crippen LogP contribution in [0.1, 0.15) is 18.4 Å².